The molecule has 0 spiro atoms. The second-order valence-corrected chi connectivity index (χ2v) is 7.49. The van der Waals surface area contributed by atoms with Gasteiger partial charge in [-0.05, 0) is 30.4 Å². The first kappa shape index (κ1) is 18.0. The molecule has 0 saturated carbocycles. The average molecular weight is 324 g/mol. The van der Waals surface area contributed by atoms with Crippen molar-refractivity contribution in [2.45, 2.75) is 59.4 Å². The molecule has 130 valence electrons. The molecule has 0 saturated heterocycles. The van der Waals surface area contributed by atoms with Gasteiger partial charge in [0.25, 0.3) is 0 Å². The molecule has 1 aliphatic heterocycles. The van der Waals surface area contributed by atoms with E-state index in [4.69, 9.17) is 9.47 Å². The Labute approximate surface area is 138 Å². The highest BCUT2D eigenvalue weighted by atomic mass is 16.5. The lowest BCUT2D eigenvalue weighted by atomic mass is 9.67. The summed E-state index contributed by atoms with van der Waals surface area (Å²) in [6, 6.07) is 0. The molecule has 5 atom stereocenters. The topological polar surface area (TPSA) is 76.0 Å². The summed E-state index contributed by atoms with van der Waals surface area (Å²) in [6.07, 6.45) is 1.01. The first-order valence-corrected chi connectivity index (χ1v) is 8.17. The molecule has 2 N–H and O–H groups in total. The lowest BCUT2D eigenvalue weighted by molar-refractivity contribution is -0.149. The van der Waals surface area contributed by atoms with Gasteiger partial charge in [0.05, 0.1) is 12.2 Å². The summed E-state index contributed by atoms with van der Waals surface area (Å²) in [5, 5.41) is 20.6. The van der Waals surface area contributed by atoms with Crippen molar-refractivity contribution in [3.05, 3.63) is 23.0 Å². The van der Waals surface area contributed by atoms with Crippen LogP contribution in [0.5, 0.6) is 0 Å². The summed E-state index contributed by atoms with van der Waals surface area (Å²) in [7, 11) is 1.54. The summed E-state index contributed by atoms with van der Waals surface area (Å²) in [4.78, 5) is 12.5. The predicted molar refractivity (Wildman–Crippen MR) is 86.8 cm³/mol. The molecule has 0 aromatic carbocycles. The fourth-order valence-electron chi connectivity index (χ4n) is 3.62. The number of carbonyl (C=O) groups is 1. The average Bonchev–Trinajstić information content (AvgIpc) is 2.49. The monoisotopic (exact) mass is 324 g/mol. The minimum Gasteiger partial charge on any atom is -0.511 e. The van der Waals surface area contributed by atoms with Crippen LogP contribution in [0.3, 0.4) is 0 Å². The zero-order chi connectivity index (χ0) is 17.5. The van der Waals surface area contributed by atoms with Crippen molar-refractivity contribution in [1.82, 2.24) is 0 Å². The Morgan fingerprint density at radius 2 is 2.00 bits per heavy atom. The van der Waals surface area contributed by atoms with Crippen molar-refractivity contribution < 1.29 is 24.5 Å². The number of methoxy groups -OCH3 is 1. The molecule has 0 amide bonds. The molecule has 1 heterocycles. The summed E-state index contributed by atoms with van der Waals surface area (Å²) in [5.41, 5.74) is 0.890. The number of hydrogen-bond acceptors (Lipinski definition) is 5. The van der Waals surface area contributed by atoms with Crippen LogP contribution in [0.1, 0.15) is 41.0 Å². The molecule has 2 aliphatic rings. The molecule has 5 heteroatoms. The molecule has 0 fully saturated rings. The van der Waals surface area contributed by atoms with Crippen LogP contribution in [0, 0.1) is 17.3 Å². The highest BCUT2D eigenvalue weighted by Gasteiger charge is 2.44. The van der Waals surface area contributed by atoms with E-state index in [-0.39, 0.29) is 29.1 Å². The summed E-state index contributed by atoms with van der Waals surface area (Å²) < 4.78 is 10.7. The van der Waals surface area contributed by atoms with Crippen molar-refractivity contribution in [3.8, 4) is 0 Å². The third-order valence-corrected chi connectivity index (χ3v) is 5.23. The molecule has 1 aliphatic carbocycles. The summed E-state index contributed by atoms with van der Waals surface area (Å²) >= 11 is 0. The minimum atomic E-state index is -0.751. The third-order valence-electron chi connectivity index (χ3n) is 5.23. The van der Waals surface area contributed by atoms with Gasteiger partial charge in [-0.15, -0.1) is 0 Å². The third kappa shape index (κ3) is 3.17. The molecule has 23 heavy (non-hydrogen) atoms. The van der Waals surface area contributed by atoms with Crippen molar-refractivity contribution in [2.24, 2.45) is 17.3 Å². The quantitative estimate of drug-likeness (QED) is 0.778. The fraction of sp³-hybridized carbons (Fsp3) is 0.722. The number of carbonyl (C=O) groups excluding carboxylic acids is 1. The Morgan fingerprint density at radius 1 is 1.39 bits per heavy atom. The largest absolute Gasteiger partial charge is 0.511 e. The van der Waals surface area contributed by atoms with Gasteiger partial charge in [0.2, 0.25) is 0 Å². The first-order chi connectivity index (χ1) is 10.6. The molecule has 1 unspecified atom stereocenters. The van der Waals surface area contributed by atoms with Crippen LogP contribution >= 0.6 is 0 Å². The van der Waals surface area contributed by atoms with E-state index in [9.17, 15) is 15.0 Å². The Hall–Kier alpha value is -1.33. The van der Waals surface area contributed by atoms with E-state index in [1.54, 1.807) is 6.92 Å². The molecule has 0 aromatic rings. The number of rotatable bonds is 4. The van der Waals surface area contributed by atoms with Crippen LogP contribution in [0.15, 0.2) is 23.0 Å². The number of ether oxygens (including phenoxy) is 2. The van der Waals surface area contributed by atoms with E-state index in [1.165, 1.54) is 7.11 Å². The number of hydrogen-bond donors (Lipinski definition) is 2. The SMILES string of the molecule is CO[C@H](C)[C@@H](O)[C@@H](C)C1C=C2C(=C(O)[C@H](C)CC2(C)C)C(=O)O1. The highest BCUT2D eigenvalue weighted by molar-refractivity contribution is 5.96. The van der Waals surface area contributed by atoms with Crippen molar-refractivity contribution in [1.29, 1.82) is 0 Å². The van der Waals surface area contributed by atoms with Crippen LogP contribution < -0.4 is 0 Å². The Morgan fingerprint density at radius 3 is 2.57 bits per heavy atom. The minimum absolute atomic E-state index is 0.0715. The normalized spacial score (nSPS) is 30.9. The second-order valence-electron chi connectivity index (χ2n) is 7.49. The van der Waals surface area contributed by atoms with E-state index in [0.29, 0.717) is 5.57 Å². The van der Waals surface area contributed by atoms with Crippen molar-refractivity contribution >= 4 is 5.97 Å². The molecule has 0 bridgehead atoms. The van der Waals surface area contributed by atoms with Gasteiger partial charge in [-0.3, -0.25) is 0 Å². The lowest BCUT2D eigenvalue weighted by Crippen LogP contribution is -2.43. The van der Waals surface area contributed by atoms with E-state index in [1.807, 2.05) is 19.9 Å². The number of esters is 1. The van der Waals surface area contributed by atoms with Crippen LogP contribution in [-0.4, -0.2) is 41.6 Å². The second kappa shape index (κ2) is 6.29. The van der Waals surface area contributed by atoms with Gasteiger partial charge in [-0.2, -0.15) is 0 Å². The van der Waals surface area contributed by atoms with Crippen LogP contribution in [0.2, 0.25) is 0 Å². The van der Waals surface area contributed by atoms with Gasteiger partial charge in [-0.25, -0.2) is 4.79 Å². The molecule has 0 aromatic heterocycles. The number of fused-ring (bicyclic) bond motifs is 1. The molecule has 2 rings (SSSR count). The number of cyclic esters (lactones) is 1. The maximum Gasteiger partial charge on any atom is 0.342 e. The van der Waals surface area contributed by atoms with Gasteiger partial charge in [-0.1, -0.05) is 27.7 Å². The van der Waals surface area contributed by atoms with E-state index < -0.39 is 18.2 Å². The summed E-state index contributed by atoms with van der Waals surface area (Å²) in [5.74, 6) is -0.774. The van der Waals surface area contributed by atoms with Crippen LogP contribution in [-0.2, 0) is 14.3 Å². The van der Waals surface area contributed by atoms with E-state index >= 15 is 0 Å². The van der Waals surface area contributed by atoms with Crippen LogP contribution in [0.4, 0.5) is 0 Å². The first-order valence-electron chi connectivity index (χ1n) is 8.17. The molecular formula is C18H28O5. The van der Waals surface area contributed by atoms with Crippen molar-refractivity contribution in [2.75, 3.05) is 7.11 Å². The maximum atomic E-state index is 12.5. The Bertz CT molecular complexity index is 546. The Kier molecular flexibility index (Phi) is 4.92. The van der Waals surface area contributed by atoms with Gasteiger partial charge in [0.1, 0.15) is 17.4 Å². The molecule has 5 nitrogen and oxygen atoms in total. The smallest absolute Gasteiger partial charge is 0.342 e. The fourth-order valence-corrected chi connectivity index (χ4v) is 3.62. The Balaban J connectivity index is 2.40. The number of aliphatic hydroxyl groups excluding tert-OH is 2. The zero-order valence-electron chi connectivity index (χ0n) is 14.8. The maximum absolute atomic E-state index is 12.5. The van der Waals surface area contributed by atoms with Crippen molar-refractivity contribution in [3.63, 3.8) is 0 Å². The van der Waals surface area contributed by atoms with Gasteiger partial charge in [0, 0.05) is 18.9 Å². The highest BCUT2D eigenvalue weighted by Crippen LogP contribution is 2.48. The summed E-state index contributed by atoms with van der Waals surface area (Å²) in [6.45, 7) is 9.66. The van der Waals surface area contributed by atoms with Gasteiger partial charge < -0.3 is 19.7 Å². The lowest BCUT2D eigenvalue weighted by Gasteiger charge is -2.41. The van der Waals surface area contributed by atoms with Gasteiger partial charge in [0.15, 0.2) is 0 Å². The standard InChI is InChI=1S/C18H28O5/c1-9-8-18(4,5)12-7-13(10(2)16(20)11(3)22-6)23-17(21)14(12)15(9)19/h7,9-11,13,16,19-20H,8H2,1-6H3/t9-,10+,11-,13?,16+/m1/s1. The van der Waals surface area contributed by atoms with E-state index in [2.05, 4.69) is 13.8 Å². The van der Waals surface area contributed by atoms with E-state index in [0.717, 1.165) is 12.0 Å². The zero-order valence-corrected chi connectivity index (χ0v) is 14.8. The predicted octanol–water partition coefficient (Wildman–Crippen LogP) is 2.75. The number of aliphatic hydroxyl groups is 2. The molecular weight excluding hydrogens is 296 g/mol. The molecule has 0 radical (unpaired) electrons. The van der Waals surface area contributed by atoms with Gasteiger partial charge >= 0.3 is 5.97 Å². The number of allylic oxidation sites excluding steroid dienone is 1. The van der Waals surface area contributed by atoms with Crippen LogP contribution in [0.25, 0.3) is 0 Å².